The first-order valence-electron chi connectivity index (χ1n) is 13.3. The summed E-state index contributed by atoms with van der Waals surface area (Å²) in [6, 6.07) is 6.60. The fourth-order valence-corrected chi connectivity index (χ4v) is 8.12. The first kappa shape index (κ1) is 22.8. The quantitative estimate of drug-likeness (QED) is 0.505. The summed E-state index contributed by atoms with van der Waals surface area (Å²) in [5.41, 5.74) is 2.46. The molecule has 1 aliphatic heterocycles. The summed E-state index contributed by atoms with van der Waals surface area (Å²) in [6.45, 7) is 1.04. The first-order chi connectivity index (χ1) is 16.9. The molecule has 7 heteroatoms. The standard InChI is InChI=1S/C28H36N4O3/c1-32-9-3-6-23(32)25-30-22(7-8-28-14-17-10-18(15-28)12-19(11-17)16-28)24(31-25)26(33)29-21-5-2-4-20(13-21)27(34)35/h2,4-5,13,17-19,23H,3,6-12,14-16H2,1H3,(H,29,33)(H,30,31)(H,34,35)/t17?,18?,19?,23-,28?/m0/s1. The van der Waals surface area contributed by atoms with Crippen molar-refractivity contribution in [2.75, 3.05) is 18.9 Å². The summed E-state index contributed by atoms with van der Waals surface area (Å²) < 4.78 is 0. The van der Waals surface area contributed by atoms with E-state index in [9.17, 15) is 14.7 Å². The number of likely N-dealkylation sites (tertiary alicyclic amines) is 1. The second-order valence-electron chi connectivity index (χ2n) is 11.8. The molecule has 4 saturated carbocycles. The third kappa shape index (κ3) is 4.39. The Balaban J connectivity index is 1.25. The van der Waals surface area contributed by atoms with E-state index in [0.29, 0.717) is 16.8 Å². The zero-order valence-electron chi connectivity index (χ0n) is 20.6. The molecule has 3 N–H and O–H groups in total. The van der Waals surface area contributed by atoms with Gasteiger partial charge in [0.2, 0.25) is 0 Å². The van der Waals surface area contributed by atoms with E-state index < -0.39 is 5.97 Å². The minimum absolute atomic E-state index is 0.153. The Labute approximate surface area is 206 Å². The third-order valence-corrected chi connectivity index (χ3v) is 9.29. The van der Waals surface area contributed by atoms with Gasteiger partial charge in [-0.2, -0.15) is 0 Å². The van der Waals surface area contributed by atoms with Crippen LogP contribution in [0.1, 0.15) is 96.2 Å². The van der Waals surface area contributed by atoms with Crippen LogP contribution in [0, 0.1) is 23.2 Å². The molecule has 4 bridgehead atoms. The van der Waals surface area contributed by atoms with Crippen molar-refractivity contribution < 1.29 is 14.7 Å². The van der Waals surface area contributed by atoms with Gasteiger partial charge in [0.1, 0.15) is 11.5 Å². The van der Waals surface area contributed by atoms with Crippen LogP contribution in [-0.2, 0) is 6.42 Å². The number of aromatic amines is 1. The maximum atomic E-state index is 13.4. The average molecular weight is 477 g/mol. The van der Waals surface area contributed by atoms with E-state index in [0.717, 1.165) is 61.5 Å². The van der Waals surface area contributed by atoms with Crippen molar-refractivity contribution in [3.8, 4) is 0 Å². The highest BCUT2D eigenvalue weighted by Gasteiger charge is 2.50. The third-order valence-electron chi connectivity index (χ3n) is 9.29. The number of nitrogens with zero attached hydrogens (tertiary/aromatic N) is 2. The number of carboxylic acids is 1. The van der Waals surface area contributed by atoms with Crippen LogP contribution in [0.15, 0.2) is 24.3 Å². The van der Waals surface area contributed by atoms with Crippen LogP contribution < -0.4 is 5.32 Å². The summed E-state index contributed by atoms with van der Waals surface area (Å²) in [4.78, 5) is 35.5. The van der Waals surface area contributed by atoms with E-state index >= 15 is 0 Å². The number of rotatable bonds is 7. The Morgan fingerprint density at radius 3 is 2.51 bits per heavy atom. The maximum Gasteiger partial charge on any atom is 0.335 e. The molecule has 0 spiro atoms. The number of benzene rings is 1. The summed E-state index contributed by atoms with van der Waals surface area (Å²) in [7, 11) is 2.12. The van der Waals surface area contributed by atoms with Gasteiger partial charge in [0.15, 0.2) is 0 Å². The second-order valence-corrected chi connectivity index (χ2v) is 11.8. The SMILES string of the molecule is CN1CCC[C@H]1c1nc(C(=O)Nc2cccc(C(=O)O)c2)c(CCC23CC4CC(CC(C4)C2)C3)[nH]1. The predicted octanol–water partition coefficient (Wildman–Crippen LogP) is 5.28. The summed E-state index contributed by atoms with van der Waals surface area (Å²) in [5, 5.41) is 12.2. The lowest BCUT2D eigenvalue weighted by Gasteiger charge is -2.57. The Hall–Kier alpha value is -2.67. The number of aromatic nitrogens is 2. The van der Waals surface area contributed by atoms with Crippen LogP contribution in [0.25, 0.3) is 0 Å². The van der Waals surface area contributed by atoms with Crippen LogP contribution in [-0.4, -0.2) is 45.4 Å². The molecule has 1 amide bonds. The molecule has 186 valence electrons. The van der Waals surface area contributed by atoms with E-state index in [1.807, 2.05) is 0 Å². The molecule has 1 saturated heterocycles. The first-order valence-corrected chi connectivity index (χ1v) is 13.3. The predicted molar refractivity (Wildman–Crippen MR) is 133 cm³/mol. The van der Waals surface area contributed by atoms with Gasteiger partial charge in [-0.25, -0.2) is 9.78 Å². The van der Waals surface area contributed by atoms with Crippen molar-refractivity contribution in [1.29, 1.82) is 0 Å². The molecule has 5 aliphatic rings. The zero-order valence-corrected chi connectivity index (χ0v) is 20.6. The molecule has 4 aliphatic carbocycles. The highest BCUT2D eigenvalue weighted by atomic mass is 16.4. The van der Waals surface area contributed by atoms with Gasteiger partial charge in [0.25, 0.3) is 5.91 Å². The van der Waals surface area contributed by atoms with Gasteiger partial charge in [-0.05, 0) is 119 Å². The zero-order chi connectivity index (χ0) is 24.2. The number of H-pyrrole nitrogens is 1. The number of anilines is 1. The molecule has 0 unspecified atom stereocenters. The summed E-state index contributed by atoms with van der Waals surface area (Å²) in [5.74, 6) is 2.34. The Kier molecular flexibility index (Phi) is 5.71. The van der Waals surface area contributed by atoms with Crippen LogP contribution in [0.3, 0.4) is 0 Å². The average Bonchev–Trinajstić information content (AvgIpc) is 3.43. The summed E-state index contributed by atoms with van der Waals surface area (Å²) in [6.07, 6.45) is 12.5. The number of amides is 1. The van der Waals surface area contributed by atoms with E-state index in [2.05, 4.69) is 22.2 Å². The Bertz CT molecular complexity index is 1100. The number of carbonyl (C=O) groups excluding carboxylic acids is 1. The highest BCUT2D eigenvalue weighted by Crippen LogP contribution is 2.61. The van der Waals surface area contributed by atoms with Gasteiger partial charge in [-0.15, -0.1) is 0 Å². The van der Waals surface area contributed by atoms with Crippen LogP contribution in [0.2, 0.25) is 0 Å². The summed E-state index contributed by atoms with van der Waals surface area (Å²) >= 11 is 0. The van der Waals surface area contributed by atoms with E-state index in [1.54, 1.807) is 12.1 Å². The van der Waals surface area contributed by atoms with Crippen LogP contribution in [0.5, 0.6) is 0 Å². The number of hydrogen-bond acceptors (Lipinski definition) is 4. The van der Waals surface area contributed by atoms with E-state index in [-0.39, 0.29) is 17.5 Å². The maximum absolute atomic E-state index is 13.4. The lowest BCUT2D eigenvalue weighted by molar-refractivity contribution is -0.0570. The van der Waals surface area contributed by atoms with Crippen molar-refractivity contribution in [2.24, 2.45) is 23.2 Å². The van der Waals surface area contributed by atoms with Crippen molar-refractivity contribution in [3.63, 3.8) is 0 Å². The van der Waals surface area contributed by atoms with Gasteiger partial charge in [-0.3, -0.25) is 9.69 Å². The monoisotopic (exact) mass is 476 g/mol. The van der Waals surface area contributed by atoms with Crippen molar-refractivity contribution >= 4 is 17.6 Å². The lowest BCUT2D eigenvalue weighted by Crippen LogP contribution is -2.46. The van der Waals surface area contributed by atoms with Crippen LogP contribution in [0.4, 0.5) is 5.69 Å². The molecule has 7 rings (SSSR count). The normalized spacial score (nSPS) is 31.7. The number of imidazole rings is 1. The number of aryl methyl sites for hydroxylation is 1. The molecule has 7 nitrogen and oxygen atoms in total. The molecule has 5 fully saturated rings. The molecule has 35 heavy (non-hydrogen) atoms. The molecule has 1 atom stereocenters. The van der Waals surface area contributed by atoms with E-state index in [4.69, 9.17) is 4.98 Å². The molecular weight excluding hydrogens is 440 g/mol. The number of aromatic carboxylic acids is 1. The van der Waals surface area contributed by atoms with Crippen molar-refractivity contribution in [2.45, 2.75) is 70.3 Å². The number of hydrogen-bond donors (Lipinski definition) is 3. The molecule has 1 aromatic carbocycles. The van der Waals surface area contributed by atoms with Crippen molar-refractivity contribution in [1.82, 2.24) is 14.9 Å². The van der Waals surface area contributed by atoms with Gasteiger partial charge in [0.05, 0.1) is 11.6 Å². The van der Waals surface area contributed by atoms with Gasteiger partial charge in [0, 0.05) is 11.4 Å². The Morgan fingerprint density at radius 2 is 1.89 bits per heavy atom. The largest absolute Gasteiger partial charge is 0.478 e. The van der Waals surface area contributed by atoms with E-state index in [1.165, 1.54) is 50.7 Å². The number of carbonyl (C=O) groups is 2. The fraction of sp³-hybridized carbons (Fsp3) is 0.607. The number of nitrogens with one attached hydrogen (secondary N) is 2. The van der Waals surface area contributed by atoms with Crippen molar-refractivity contribution in [3.05, 3.63) is 47.0 Å². The molecule has 2 aromatic rings. The minimum Gasteiger partial charge on any atom is -0.478 e. The smallest absolute Gasteiger partial charge is 0.335 e. The van der Waals surface area contributed by atoms with Gasteiger partial charge < -0.3 is 15.4 Å². The highest BCUT2D eigenvalue weighted by molar-refractivity contribution is 6.04. The lowest BCUT2D eigenvalue weighted by atomic mass is 9.48. The number of carboxylic acid groups (broad SMARTS) is 1. The van der Waals surface area contributed by atoms with Crippen LogP contribution >= 0.6 is 0 Å². The molecule has 1 aromatic heterocycles. The molecule has 2 heterocycles. The topological polar surface area (TPSA) is 98.3 Å². The minimum atomic E-state index is -1.01. The van der Waals surface area contributed by atoms with Gasteiger partial charge in [-0.1, -0.05) is 6.07 Å². The molecule has 0 radical (unpaired) electrons. The van der Waals surface area contributed by atoms with Gasteiger partial charge >= 0.3 is 5.97 Å². The molecular formula is C28H36N4O3. The fourth-order valence-electron chi connectivity index (χ4n) is 8.12. The second kappa shape index (κ2) is 8.77. The Morgan fingerprint density at radius 1 is 1.17 bits per heavy atom.